The third kappa shape index (κ3) is 3.33. The lowest BCUT2D eigenvalue weighted by atomic mass is 9.94. The molecule has 0 radical (unpaired) electrons. The van der Waals surface area contributed by atoms with E-state index in [0.717, 1.165) is 43.0 Å². The van der Waals surface area contributed by atoms with E-state index in [-0.39, 0.29) is 11.5 Å². The number of fused-ring (bicyclic) bond motifs is 1. The van der Waals surface area contributed by atoms with Crippen molar-refractivity contribution in [1.82, 2.24) is 15.0 Å². The van der Waals surface area contributed by atoms with E-state index >= 15 is 0 Å². The maximum atomic E-state index is 11.6. The van der Waals surface area contributed by atoms with Gasteiger partial charge in [0.25, 0.3) is 5.56 Å². The van der Waals surface area contributed by atoms with Crippen LogP contribution in [-0.2, 0) is 0 Å². The lowest BCUT2D eigenvalue weighted by molar-refractivity contribution is 0.498. The first-order valence-corrected chi connectivity index (χ1v) is 10.1. The number of nitrogens with zero attached hydrogens (tertiary/aromatic N) is 3. The molecule has 1 atom stereocenters. The molecule has 2 aromatic heterocycles. The molecular weight excluding hydrogens is 344 g/mol. The van der Waals surface area contributed by atoms with Gasteiger partial charge in [-0.3, -0.25) is 4.79 Å². The van der Waals surface area contributed by atoms with Crippen LogP contribution in [0.3, 0.4) is 0 Å². The Morgan fingerprint density at radius 2 is 2.15 bits per heavy atom. The molecule has 3 aromatic rings. The van der Waals surface area contributed by atoms with Gasteiger partial charge < -0.3 is 9.88 Å². The van der Waals surface area contributed by atoms with Crippen molar-refractivity contribution in [3.8, 4) is 0 Å². The monoisotopic (exact) mass is 366 g/mol. The summed E-state index contributed by atoms with van der Waals surface area (Å²) in [5.41, 5.74) is 3.08. The molecule has 6 heteroatoms. The molecule has 0 saturated carbocycles. The number of anilines is 1. The molecule has 134 valence electrons. The Bertz CT molecular complexity index is 1000. The minimum absolute atomic E-state index is 0.0867. The van der Waals surface area contributed by atoms with Crippen LogP contribution in [0, 0.1) is 6.92 Å². The van der Waals surface area contributed by atoms with Crippen LogP contribution in [0.4, 0.5) is 5.82 Å². The number of thioether (sulfide) groups is 1. The van der Waals surface area contributed by atoms with Gasteiger partial charge in [-0.25, -0.2) is 9.97 Å². The van der Waals surface area contributed by atoms with E-state index in [1.807, 2.05) is 0 Å². The fraction of sp³-hybridized carbons (Fsp3) is 0.350. The molecule has 1 fully saturated rings. The zero-order valence-electron chi connectivity index (χ0n) is 15.0. The Morgan fingerprint density at radius 1 is 1.27 bits per heavy atom. The molecular formula is C20H22N4OS. The second-order valence-electron chi connectivity index (χ2n) is 6.80. The average molecular weight is 366 g/mol. The molecule has 5 nitrogen and oxygen atoms in total. The SMILES string of the molecule is CSc1ccc2c(C)cc(N3CCCC(c4cc(=O)[nH]cn4)C3)nc2c1. The van der Waals surface area contributed by atoms with Gasteiger partial charge in [-0.2, -0.15) is 0 Å². The normalized spacial score (nSPS) is 17.6. The van der Waals surface area contributed by atoms with Crippen LogP contribution in [-0.4, -0.2) is 34.3 Å². The Kier molecular flexibility index (Phi) is 4.68. The van der Waals surface area contributed by atoms with E-state index in [0.29, 0.717) is 0 Å². The largest absolute Gasteiger partial charge is 0.356 e. The Balaban J connectivity index is 1.67. The number of aromatic nitrogens is 3. The van der Waals surface area contributed by atoms with Crippen LogP contribution < -0.4 is 10.5 Å². The molecule has 0 spiro atoms. The minimum atomic E-state index is -0.0867. The summed E-state index contributed by atoms with van der Waals surface area (Å²) < 4.78 is 0. The van der Waals surface area contributed by atoms with Crippen molar-refractivity contribution in [3.63, 3.8) is 0 Å². The van der Waals surface area contributed by atoms with Crippen LogP contribution >= 0.6 is 11.8 Å². The van der Waals surface area contributed by atoms with Gasteiger partial charge in [0.15, 0.2) is 0 Å². The highest BCUT2D eigenvalue weighted by Gasteiger charge is 2.24. The zero-order valence-corrected chi connectivity index (χ0v) is 15.8. The van der Waals surface area contributed by atoms with E-state index in [2.05, 4.69) is 52.3 Å². The standard InChI is InChI=1S/C20H22N4OS/c1-13-8-19(23-18-9-15(26-2)5-6-16(13)18)24-7-3-4-14(11-24)17-10-20(25)22-12-21-17/h5-6,8-10,12,14H,3-4,7,11H2,1-2H3,(H,21,22,25). The summed E-state index contributed by atoms with van der Waals surface area (Å²) >= 11 is 1.74. The molecule has 4 rings (SSSR count). The molecule has 0 amide bonds. The first kappa shape index (κ1) is 17.1. The maximum Gasteiger partial charge on any atom is 0.250 e. The fourth-order valence-corrected chi connectivity index (χ4v) is 4.12. The van der Waals surface area contributed by atoms with E-state index in [1.165, 1.54) is 22.2 Å². The Hall–Kier alpha value is -2.34. The number of hydrogen-bond acceptors (Lipinski definition) is 5. The molecule has 1 N–H and O–H groups in total. The topological polar surface area (TPSA) is 61.9 Å². The van der Waals surface area contributed by atoms with Crippen molar-refractivity contribution in [1.29, 1.82) is 0 Å². The van der Waals surface area contributed by atoms with Crippen molar-refractivity contribution in [2.24, 2.45) is 0 Å². The summed E-state index contributed by atoms with van der Waals surface area (Å²) in [5, 5.41) is 1.20. The van der Waals surface area contributed by atoms with Gasteiger partial charge in [0.05, 0.1) is 17.5 Å². The summed E-state index contributed by atoms with van der Waals surface area (Å²) in [7, 11) is 0. The lowest BCUT2D eigenvalue weighted by Gasteiger charge is -2.33. The number of piperidine rings is 1. The van der Waals surface area contributed by atoms with E-state index < -0.39 is 0 Å². The minimum Gasteiger partial charge on any atom is -0.356 e. The number of hydrogen-bond donors (Lipinski definition) is 1. The van der Waals surface area contributed by atoms with Gasteiger partial charge in [0, 0.05) is 35.4 Å². The van der Waals surface area contributed by atoms with Crippen molar-refractivity contribution in [2.45, 2.75) is 30.6 Å². The number of nitrogens with one attached hydrogen (secondary N) is 1. The van der Waals surface area contributed by atoms with Gasteiger partial charge in [-0.05, 0) is 49.8 Å². The van der Waals surface area contributed by atoms with E-state index in [4.69, 9.17) is 4.98 Å². The summed E-state index contributed by atoms with van der Waals surface area (Å²) in [6.45, 7) is 3.97. The Morgan fingerprint density at radius 3 is 2.96 bits per heavy atom. The first-order chi connectivity index (χ1) is 12.6. The quantitative estimate of drug-likeness (QED) is 0.716. The zero-order chi connectivity index (χ0) is 18.1. The number of aromatic amines is 1. The third-order valence-electron chi connectivity index (χ3n) is 5.07. The van der Waals surface area contributed by atoms with Crippen LogP contribution in [0.25, 0.3) is 10.9 Å². The maximum absolute atomic E-state index is 11.6. The predicted molar refractivity (Wildman–Crippen MR) is 107 cm³/mol. The van der Waals surface area contributed by atoms with Gasteiger partial charge in [0.2, 0.25) is 0 Å². The molecule has 3 heterocycles. The molecule has 0 bridgehead atoms. The average Bonchev–Trinajstić information content (AvgIpc) is 2.67. The number of aryl methyl sites for hydroxylation is 1. The predicted octanol–water partition coefficient (Wildman–Crippen LogP) is 3.73. The highest BCUT2D eigenvalue weighted by Crippen LogP contribution is 2.31. The molecule has 1 aromatic carbocycles. The van der Waals surface area contributed by atoms with Gasteiger partial charge in [-0.1, -0.05) is 6.07 Å². The number of pyridine rings is 1. The molecule has 0 aliphatic carbocycles. The van der Waals surface area contributed by atoms with Crippen LogP contribution in [0.2, 0.25) is 0 Å². The van der Waals surface area contributed by atoms with Crippen LogP contribution in [0.5, 0.6) is 0 Å². The van der Waals surface area contributed by atoms with Crippen molar-refractivity contribution >= 4 is 28.5 Å². The van der Waals surface area contributed by atoms with Gasteiger partial charge >= 0.3 is 0 Å². The summed E-state index contributed by atoms with van der Waals surface area (Å²) in [6, 6.07) is 10.3. The molecule has 1 unspecified atom stereocenters. The number of rotatable bonds is 3. The highest BCUT2D eigenvalue weighted by atomic mass is 32.2. The second kappa shape index (κ2) is 7.11. The third-order valence-corrected chi connectivity index (χ3v) is 5.80. The Labute approximate surface area is 156 Å². The van der Waals surface area contributed by atoms with Crippen molar-refractivity contribution < 1.29 is 0 Å². The van der Waals surface area contributed by atoms with E-state index in [1.54, 1.807) is 17.8 Å². The van der Waals surface area contributed by atoms with Crippen LogP contribution in [0.1, 0.15) is 30.0 Å². The molecule has 26 heavy (non-hydrogen) atoms. The summed E-state index contributed by atoms with van der Waals surface area (Å²) in [5.74, 6) is 1.28. The molecule has 1 aliphatic heterocycles. The molecule has 1 aliphatic rings. The van der Waals surface area contributed by atoms with Crippen molar-refractivity contribution in [2.75, 3.05) is 24.2 Å². The summed E-state index contributed by atoms with van der Waals surface area (Å²) in [4.78, 5) is 27.1. The van der Waals surface area contributed by atoms with Crippen LogP contribution in [0.15, 0.2) is 46.3 Å². The fourth-order valence-electron chi connectivity index (χ4n) is 3.69. The lowest BCUT2D eigenvalue weighted by Crippen LogP contribution is -2.35. The second-order valence-corrected chi connectivity index (χ2v) is 7.68. The summed E-state index contributed by atoms with van der Waals surface area (Å²) in [6.07, 6.45) is 5.71. The van der Waals surface area contributed by atoms with E-state index in [9.17, 15) is 4.79 Å². The smallest absolute Gasteiger partial charge is 0.250 e. The van der Waals surface area contributed by atoms with Gasteiger partial charge in [-0.15, -0.1) is 11.8 Å². The van der Waals surface area contributed by atoms with Gasteiger partial charge in [0.1, 0.15) is 5.82 Å². The molecule has 1 saturated heterocycles. The highest BCUT2D eigenvalue weighted by molar-refractivity contribution is 7.98. The first-order valence-electron chi connectivity index (χ1n) is 8.89. The number of H-pyrrole nitrogens is 1. The number of benzene rings is 1. The van der Waals surface area contributed by atoms with Crippen molar-refractivity contribution in [3.05, 3.63) is 58.3 Å².